The van der Waals surface area contributed by atoms with Gasteiger partial charge in [0, 0.05) is 35.7 Å². The molecule has 0 aromatic heterocycles. The fourth-order valence-electron chi connectivity index (χ4n) is 2.08. The van der Waals surface area contributed by atoms with Gasteiger partial charge in [0.2, 0.25) is 0 Å². The lowest BCUT2D eigenvalue weighted by Gasteiger charge is -2.27. The molecule has 23 heavy (non-hydrogen) atoms. The van der Waals surface area contributed by atoms with Crippen molar-refractivity contribution in [2.45, 2.75) is 46.3 Å². The normalized spacial score (nSPS) is 12.8. The number of nitrogens with one attached hydrogen (secondary N) is 1. The molecular formula is C17H26Cl2N2O2. The number of amides is 1. The van der Waals surface area contributed by atoms with E-state index in [0.717, 1.165) is 5.56 Å². The molecule has 4 nitrogen and oxygen atoms in total. The SMILES string of the molecule is CCN(CCNC(C)c1ccc(Cl)cc1Cl)C(=O)OC(C)(C)C. The van der Waals surface area contributed by atoms with Crippen LogP contribution in [0, 0.1) is 0 Å². The standard InChI is InChI=1S/C17H26Cl2N2O2/c1-6-21(16(22)23-17(3,4)5)10-9-20-12(2)14-8-7-13(18)11-15(14)19/h7-8,11-12,20H,6,9-10H2,1-5H3. The van der Waals surface area contributed by atoms with E-state index in [1.165, 1.54) is 0 Å². The number of carbonyl (C=O) groups excluding carboxylic acids is 1. The van der Waals surface area contributed by atoms with Crippen molar-refractivity contribution >= 4 is 29.3 Å². The molecule has 1 aromatic carbocycles. The van der Waals surface area contributed by atoms with E-state index in [-0.39, 0.29) is 12.1 Å². The number of nitrogens with zero attached hydrogens (tertiary/aromatic N) is 1. The zero-order valence-corrected chi connectivity index (χ0v) is 16.0. The average Bonchev–Trinajstić information content (AvgIpc) is 2.41. The topological polar surface area (TPSA) is 41.6 Å². The lowest BCUT2D eigenvalue weighted by Crippen LogP contribution is -2.40. The number of hydrogen-bond donors (Lipinski definition) is 1. The van der Waals surface area contributed by atoms with Gasteiger partial charge < -0.3 is 15.0 Å². The number of hydrogen-bond acceptors (Lipinski definition) is 3. The maximum atomic E-state index is 12.1. The van der Waals surface area contributed by atoms with Gasteiger partial charge in [-0.3, -0.25) is 0 Å². The smallest absolute Gasteiger partial charge is 0.410 e. The summed E-state index contributed by atoms with van der Waals surface area (Å²) in [6.07, 6.45) is -0.293. The van der Waals surface area contributed by atoms with Gasteiger partial charge in [-0.25, -0.2) is 4.79 Å². The maximum Gasteiger partial charge on any atom is 0.410 e. The van der Waals surface area contributed by atoms with Gasteiger partial charge in [0.05, 0.1) is 0 Å². The van der Waals surface area contributed by atoms with Gasteiger partial charge in [-0.1, -0.05) is 29.3 Å². The van der Waals surface area contributed by atoms with Crippen LogP contribution in [0.15, 0.2) is 18.2 Å². The molecule has 0 bridgehead atoms. The third kappa shape index (κ3) is 6.98. The minimum Gasteiger partial charge on any atom is -0.444 e. The van der Waals surface area contributed by atoms with Gasteiger partial charge in [-0.2, -0.15) is 0 Å². The molecule has 0 radical (unpaired) electrons. The summed E-state index contributed by atoms with van der Waals surface area (Å²) in [7, 11) is 0. The molecular weight excluding hydrogens is 335 g/mol. The van der Waals surface area contributed by atoms with Gasteiger partial charge in [0.1, 0.15) is 5.60 Å². The zero-order valence-electron chi connectivity index (χ0n) is 14.5. The van der Waals surface area contributed by atoms with E-state index in [9.17, 15) is 4.79 Å². The molecule has 0 aliphatic carbocycles. The third-order valence-electron chi connectivity index (χ3n) is 3.29. The summed E-state index contributed by atoms with van der Waals surface area (Å²) in [5.74, 6) is 0. The van der Waals surface area contributed by atoms with Crippen LogP contribution in [0.5, 0.6) is 0 Å². The Morgan fingerprint density at radius 2 is 2.00 bits per heavy atom. The summed E-state index contributed by atoms with van der Waals surface area (Å²) in [6.45, 7) is 11.4. The van der Waals surface area contributed by atoms with Crippen LogP contribution in [-0.2, 0) is 4.74 Å². The second-order valence-corrected chi connectivity index (χ2v) is 7.25. The number of benzene rings is 1. The fraction of sp³-hybridized carbons (Fsp3) is 0.588. The van der Waals surface area contributed by atoms with E-state index in [1.807, 2.05) is 46.8 Å². The Balaban J connectivity index is 2.52. The van der Waals surface area contributed by atoms with Crippen molar-refractivity contribution in [2.75, 3.05) is 19.6 Å². The number of ether oxygens (including phenoxy) is 1. The monoisotopic (exact) mass is 360 g/mol. The van der Waals surface area contributed by atoms with Crippen LogP contribution < -0.4 is 5.32 Å². The van der Waals surface area contributed by atoms with Crippen LogP contribution in [-0.4, -0.2) is 36.2 Å². The summed E-state index contributed by atoms with van der Waals surface area (Å²) >= 11 is 12.1. The van der Waals surface area contributed by atoms with E-state index < -0.39 is 5.60 Å². The molecule has 1 N–H and O–H groups in total. The molecule has 0 saturated carbocycles. The molecule has 0 aliphatic rings. The van der Waals surface area contributed by atoms with Crippen LogP contribution >= 0.6 is 23.2 Å². The fourth-order valence-corrected chi connectivity index (χ4v) is 2.66. The van der Waals surface area contributed by atoms with Crippen molar-refractivity contribution < 1.29 is 9.53 Å². The molecule has 1 aromatic rings. The van der Waals surface area contributed by atoms with Crippen LogP contribution in [0.2, 0.25) is 10.0 Å². The molecule has 130 valence electrons. The highest BCUT2D eigenvalue weighted by atomic mass is 35.5. The highest BCUT2D eigenvalue weighted by Crippen LogP contribution is 2.25. The highest BCUT2D eigenvalue weighted by molar-refractivity contribution is 6.35. The summed E-state index contributed by atoms with van der Waals surface area (Å²) in [4.78, 5) is 13.7. The molecule has 0 fully saturated rings. The first-order valence-electron chi connectivity index (χ1n) is 7.80. The molecule has 1 unspecified atom stereocenters. The maximum absolute atomic E-state index is 12.1. The third-order valence-corrected chi connectivity index (χ3v) is 3.86. The summed E-state index contributed by atoms with van der Waals surface area (Å²) in [5.41, 5.74) is 0.499. The largest absolute Gasteiger partial charge is 0.444 e. The average molecular weight is 361 g/mol. The van der Waals surface area contributed by atoms with Crippen molar-refractivity contribution in [1.82, 2.24) is 10.2 Å². The van der Waals surface area contributed by atoms with Crippen LogP contribution in [0.3, 0.4) is 0 Å². The van der Waals surface area contributed by atoms with Crippen LogP contribution in [0.25, 0.3) is 0 Å². The molecule has 0 spiro atoms. The Morgan fingerprint density at radius 1 is 1.35 bits per heavy atom. The first-order chi connectivity index (χ1) is 10.6. The molecule has 1 rings (SSSR count). The van der Waals surface area contributed by atoms with Crippen molar-refractivity contribution in [3.8, 4) is 0 Å². The summed E-state index contributed by atoms with van der Waals surface area (Å²) in [5, 5.41) is 4.62. The molecule has 0 aliphatic heterocycles. The van der Waals surface area contributed by atoms with Crippen LogP contribution in [0.1, 0.15) is 46.2 Å². The molecule has 1 amide bonds. The Hall–Kier alpha value is -0.970. The van der Waals surface area contributed by atoms with E-state index in [2.05, 4.69) is 5.32 Å². The Morgan fingerprint density at radius 3 is 2.52 bits per heavy atom. The van der Waals surface area contributed by atoms with E-state index in [1.54, 1.807) is 11.0 Å². The van der Waals surface area contributed by atoms with Gasteiger partial charge >= 0.3 is 6.09 Å². The predicted octanol–water partition coefficient (Wildman–Crippen LogP) is 4.90. The van der Waals surface area contributed by atoms with Crippen molar-refractivity contribution in [2.24, 2.45) is 0 Å². The molecule has 1 atom stereocenters. The van der Waals surface area contributed by atoms with Gasteiger partial charge in [0.25, 0.3) is 0 Å². The number of halogens is 2. The molecule has 6 heteroatoms. The first kappa shape index (κ1) is 20.1. The second-order valence-electron chi connectivity index (χ2n) is 6.40. The lowest BCUT2D eigenvalue weighted by molar-refractivity contribution is 0.0261. The van der Waals surface area contributed by atoms with Crippen molar-refractivity contribution in [1.29, 1.82) is 0 Å². The van der Waals surface area contributed by atoms with Gasteiger partial charge in [-0.15, -0.1) is 0 Å². The Labute approximate surface area is 149 Å². The van der Waals surface area contributed by atoms with Crippen molar-refractivity contribution in [3.63, 3.8) is 0 Å². The Bertz CT molecular complexity index is 530. The minimum atomic E-state index is -0.484. The first-order valence-corrected chi connectivity index (χ1v) is 8.56. The van der Waals surface area contributed by atoms with E-state index >= 15 is 0 Å². The minimum absolute atomic E-state index is 0.0668. The number of rotatable bonds is 6. The predicted molar refractivity (Wildman–Crippen MR) is 96.4 cm³/mol. The number of carbonyl (C=O) groups is 1. The quantitative estimate of drug-likeness (QED) is 0.784. The second kappa shape index (κ2) is 8.76. The van der Waals surface area contributed by atoms with Crippen LogP contribution in [0.4, 0.5) is 4.79 Å². The van der Waals surface area contributed by atoms with Gasteiger partial charge in [0.15, 0.2) is 0 Å². The number of likely N-dealkylation sites (N-methyl/N-ethyl adjacent to an activating group) is 1. The summed E-state index contributed by atoms with van der Waals surface area (Å²) in [6, 6.07) is 5.53. The lowest BCUT2D eigenvalue weighted by atomic mass is 10.1. The summed E-state index contributed by atoms with van der Waals surface area (Å²) < 4.78 is 5.39. The van der Waals surface area contributed by atoms with E-state index in [0.29, 0.717) is 29.7 Å². The van der Waals surface area contributed by atoms with Crippen molar-refractivity contribution in [3.05, 3.63) is 33.8 Å². The van der Waals surface area contributed by atoms with E-state index in [4.69, 9.17) is 27.9 Å². The molecule has 0 heterocycles. The highest BCUT2D eigenvalue weighted by Gasteiger charge is 2.21. The van der Waals surface area contributed by atoms with Gasteiger partial charge in [-0.05, 0) is 52.3 Å². The Kier molecular flexibility index (Phi) is 7.65. The zero-order chi connectivity index (χ0) is 17.6. The molecule has 0 saturated heterocycles.